The molecule has 1 aliphatic carbocycles. The second kappa shape index (κ2) is 2.21. The van der Waals surface area contributed by atoms with Gasteiger partial charge >= 0.3 is 0 Å². The molecule has 0 unspecified atom stereocenters. The summed E-state index contributed by atoms with van der Waals surface area (Å²) in [7, 11) is 0. The first-order valence-corrected chi connectivity index (χ1v) is 3.40. The lowest BCUT2D eigenvalue weighted by Crippen LogP contribution is -1.79. The topological polar surface area (TPSA) is 24.7 Å². The second-order valence-corrected chi connectivity index (χ2v) is 2.35. The molecule has 1 heterocycles. The quantitative estimate of drug-likeness (QED) is 0.483. The lowest BCUT2D eigenvalue weighted by atomic mass is 10.2. The molecule has 0 N–H and O–H groups in total. The van der Waals surface area contributed by atoms with E-state index in [1.54, 1.807) is 0 Å². The molecule has 0 aromatic rings. The molecule has 0 saturated carbocycles. The van der Waals surface area contributed by atoms with Crippen molar-refractivity contribution < 1.29 is 0 Å². The fourth-order valence-corrected chi connectivity index (χ4v) is 1.08. The first-order chi connectivity index (χ1) is 4.97. The third kappa shape index (κ3) is 0.817. The summed E-state index contributed by atoms with van der Waals surface area (Å²) in [6.07, 6.45) is 9.39. The van der Waals surface area contributed by atoms with E-state index in [1.165, 1.54) is 5.57 Å². The van der Waals surface area contributed by atoms with Crippen molar-refractivity contribution >= 4 is 0 Å². The van der Waals surface area contributed by atoms with Crippen LogP contribution in [0.4, 0.5) is 0 Å². The Morgan fingerprint density at radius 2 is 2.10 bits per heavy atom. The second-order valence-electron chi connectivity index (χ2n) is 2.35. The highest BCUT2D eigenvalue weighted by atomic mass is 15.1. The third-order valence-corrected chi connectivity index (χ3v) is 1.62. The predicted octanol–water partition coefficient (Wildman–Crippen LogP) is 2.22. The SMILES string of the molecule is C1=CC2=C(C=CC1)N=NC2. The van der Waals surface area contributed by atoms with Crippen LogP contribution in [0, 0.1) is 0 Å². The predicted molar refractivity (Wildman–Crippen MR) is 39.6 cm³/mol. The maximum atomic E-state index is 3.98. The Balaban J connectivity index is 2.41. The third-order valence-electron chi connectivity index (χ3n) is 1.62. The highest BCUT2D eigenvalue weighted by molar-refractivity contribution is 5.37. The summed E-state index contributed by atoms with van der Waals surface area (Å²) in [6.45, 7) is 0.760. The average molecular weight is 132 g/mol. The van der Waals surface area contributed by atoms with Crippen LogP contribution in [0.1, 0.15) is 6.42 Å². The van der Waals surface area contributed by atoms with Crippen LogP contribution in [-0.4, -0.2) is 6.54 Å². The minimum absolute atomic E-state index is 0.760. The van der Waals surface area contributed by atoms with Crippen LogP contribution in [0.3, 0.4) is 0 Å². The highest BCUT2D eigenvalue weighted by Crippen LogP contribution is 2.19. The largest absolute Gasteiger partial charge is 0.184 e. The maximum absolute atomic E-state index is 3.98. The molecule has 10 heavy (non-hydrogen) atoms. The fourth-order valence-electron chi connectivity index (χ4n) is 1.08. The van der Waals surface area contributed by atoms with Crippen molar-refractivity contribution in [2.75, 3.05) is 6.54 Å². The maximum Gasteiger partial charge on any atom is 0.0900 e. The smallest absolute Gasteiger partial charge is 0.0900 e. The van der Waals surface area contributed by atoms with Gasteiger partial charge in [-0.05, 0) is 12.5 Å². The Morgan fingerprint density at radius 1 is 1.20 bits per heavy atom. The summed E-state index contributed by atoms with van der Waals surface area (Å²) in [4.78, 5) is 0. The van der Waals surface area contributed by atoms with Crippen molar-refractivity contribution in [3.8, 4) is 0 Å². The molecule has 2 rings (SSSR count). The Bertz CT molecular complexity index is 256. The molecular formula is C8H8N2. The molecule has 0 fully saturated rings. The molecule has 0 saturated heterocycles. The fraction of sp³-hybridized carbons (Fsp3) is 0.250. The monoisotopic (exact) mass is 132 g/mol. The van der Waals surface area contributed by atoms with Gasteiger partial charge in [0.05, 0.1) is 12.2 Å². The summed E-state index contributed by atoms with van der Waals surface area (Å²) >= 11 is 0. The summed E-state index contributed by atoms with van der Waals surface area (Å²) < 4.78 is 0. The molecule has 0 bridgehead atoms. The molecule has 2 nitrogen and oxygen atoms in total. The van der Waals surface area contributed by atoms with Crippen molar-refractivity contribution in [1.29, 1.82) is 0 Å². The average Bonchev–Trinajstić information content (AvgIpc) is 2.28. The highest BCUT2D eigenvalue weighted by Gasteiger charge is 2.06. The Kier molecular flexibility index (Phi) is 1.24. The molecule has 0 atom stereocenters. The molecule has 0 spiro atoms. The normalized spacial score (nSPS) is 21.6. The number of rotatable bonds is 0. The molecule has 0 aromatic heterocycles. The summed E-state index contributed by atoms with van der Waals surface area (Å²) in [5.41, 5.74) is 2.28. The molecule has 0 amide bonds. The van der Waals surface area contributed by atoms with E-state index in [9.17, 15) is 0 Å². The standard InChI is InChI=1S/C8H8N2/c1-2-4-7-6-9-10-8(7)5-3-1/h2-5H,1,6H2. The van der Waals surface area contributed by atoms with E-state index in [0.717, 1.165) is 18.7 Å². The van der Waals surface area contributed by atoms with Crippen LogP contribution in [-0.2, 0) is 0 Å². The van der Waals surface area contributed by atoms with E-state index < -0.39 is 0 Å². The van der Waals surface area contributed by atoms with E-state index >= 15 is 0 Å². The zero-order chi connectivity index (χ0) is 6.81. The van der Waals surface area contributed by atoms with Gasteiger partial charge in [-0.1, -0.05) is 18.2 Å². The van der Waals surface area contributed by atoms with Crippen molar-refractivity contribution in [3.05, 3.63) is 35.6 Å². The number of hydrogen-bond donors (Lipinski definition) is 0. The summed E-state index contributed by atoms with van der Waals surface area (Å²) in [6, 6.07) is 0. The van der Waals surface area contributed by atoms with Crippen LogP contribution in [0.5, 0.6) is 0 Å². The van der Waals surface area contributed by atoms with Gasteiger partial charge in [-0.25, -0.2) is 0 Å². The van der Waals surface area contributed by atoms with Crippen molar-refractivity contribution in [2.24, 2.45) is 10.2 Å². The Morgan fingerprint density at radius 3 is 3.10 bits per heavy atom. The lowest BCUT2D eigenvalue weighted by molar-refractivity contribution is 1.10. The molecule has 50 valence electrons. The zero-order valence-electron chi connectivity index (χ0n) is 5.62. The molecule has 0 radical (unpaired) electrons. The lowest BCUT2D eigenvalue weighted by Gasteiger charge is -1.87. The van der Waals surface area contributed by atoms with Crippen LogP contribution in [0.15, 0.2) is 45.8 Å². The molecule has 2 aliphatic rings. The molecule has 1 aliphatic heterocycles. The summed E-state index contributed by atoms with van der Waals surface area (Å²) in [5.74, 6) is 0. The minimum Gasteiger partial charge on any atom is -0.184 e. The number of azo groups is 1. The van der Waals surface area contributed by atoms with E-state index in [0.29, 0.717) is 0 Å². The first kappa shape index (κ1) is 5.59. The van der Waals surface area contributed by atoms with E-state index in [-0.39, 0.29) is 0 Å². The van der Waals surface area contributed by atoms with Crippen LogP contribution in [0.2, 0.25) is 0 Å². The van der Waals surface area contributed by atoms with Gasteiger partial charge in [0.15, 0.2) is 0 Å². The van der Waals surface area contributed by atoms with Crippen molar-refractivity contribution in [2.45, 2.75) is 6.42 Å². The number of hydrogen-bond acceptors (Lipinski definition) is 2. The Hall–Kier alpha value is -1.18. The number of nitrogens with zero attached hydrogens (tertiary/aromatic N) is 2. The first-order valence-electron chi connectivity index (χ1n) is 3.40. The van der Waals surface area contributed by atoms with Crippen molar-refractivity contribution in [3.63, 3.8) is 0 Å². The van der Waals surface area contributed by atoms with E-state index in [1.807, 2.05) is 6.08 Å². The van der Waals surface area contributed by atoms with Crippen LogP contribution >= 0.6 is 0 Å². The van der Waals surface area contributed by atoms with Gasteiger partial charge in [0, 0.05) is 5.57 Å². The van der Waals surface area contributed by atoms with Gasteiger partial charge in [-0.3, -0.25) is 0 Å². The minimum atomic E-state index is 0.760. The van der Waals surface area contributed by atoms with Gasteiger partial charge in [-0.2, -0.15) is 10.2 Å². The number of allylic oxidation sites excluding steroid dienone is 3. The van der Waals surface area contributed by atoms with Crippen molar-refractivity contribution in [1.82, 2.24) is 0 Å². The zero-order valence-corrected chi connectivity index (χ0v) is 5.62. The molecular weight excluding hydrogens is 124 g/mol. The van der Waals surface area contributed by atoms with Crippen LogP contribution < -0.4 is 0 Å². The molecule has 0 aromatic carbocycles. The Labute approximate surface area is 59.7 Å². The van der Waals surface area contributed by atoms with E-state index in [4.69, 9.17) is 0 Å². The van der Waals surface area contributed by atoms with Gasteiger partial charge < -0.3 is 0 Å². The molecule has 2 heteroatoms. The summed E-state index contributed by atoms with van der Waals surface area (Å²) in [5, 5.41) is 7.90. The van der Waals surface area contributed by atoms with Gasteiger partial charge in [0.1, 0.15) is 0 Å². The van der Waals surface area contributed by atoms with Gasteiger partial charge in [0.25, 0.3) is 0 Å². The van der Waals surface area contributed by atoms with E-state index in [2.05, 4.69) is 28.5 Å². The van der Waals surface area contributed by atoms with Gasteiger partial charge in [0.2, 0.25) is 0 Å². The van der Waals surface area contributed by atoms with Gasteiger partial charge in [-0.15, -0.1) is 0 Å². The van der Waals surface area contributed by atoms with Crippen LogP contribution in [0.25, 0.3) is 0 Å².